The van der Waals surface area contributed by atoms with E-state index in [0.717, 1.165) is 21.7 Å². The second-order valence-corrected chi connectivity index (χ2v) is 10.1. The number of rotatable bonds is 6. The minimum atomic E-state index is -0.792. The van der Waals surface area contributed by atoms with E-state index >= 15 is 0 Å². The number of aliphatic hydroxyl groups is 1. The molecule has 176 valence electrons. The van der Waals surface area contributed by atoms with Gasteiger partial charge in [0.2, 0.25) is 11.8 Å². The van der Waals surface area contributed by atoms with Gasteiger partial charge in [-0.1, -0.05) is 45.0 Å². The van der Waals surface area contributed by atoms with Crippen LogP contribution in [0.4, 0.5) is 0 Å². The summed E-state index contributed by atoms with van der Waals surface area (Å²) >= 11 is 1.60. The van der Waals surface area contributed by atoms with E-state index in [1.54, 1.807) is 11.3 Å². The molecule has 0 unspecified atom stereocenters. The van der Waals surface area contributed by atoms with E-state index in [2.05, 4.69) is 10.3 Å². The van der Waals surface area contributed by atoms with Crippen molar-refractivity contribution in [3.05, 3.63) is 41.0 Å². The number of carbonyl (C=O) groups excluding carboxylic acids is 2. The van der Waals surface area contributed by atoms with Crippen molar-refractivity contribution in [3.8, 4) is 10.4 Å². The van der Waals surface area contributed by atoms with Crippen molar-refractivity contribution in [1.82, 2.24) is 15.2 Å². The van der Waals surface area contributed by atoms with E-state index < -0.39 is 23.6 Å². The second kappa shape index (κ2) is 10.9. The van der Waals surface area contributed by atoms with Crippen molar-refractivity contribution < 1.29 is 14.7 Å². The normalized spacial score (nSPS) is 19.3. The van der Waals surface area contributed by atoms with Crippen molar-refractivity contribution >= 4 is 35.6 Å². The number of nitrogens with two attached hydrogens (primary N) is 1. The number of benzene rings is 1. The number of amides is 2. The molecular weight excluding hydrogens is 448 g/mol. The third-order valence-corrected chi connectivity index (χ3v) is 6.70. The Bertz CT molecular complexity index is 926. The predicted octanol–water partition coefficient (Wildman–Crippen LogP) is 2.53. The lowest BCUT2D eigenvalue weighted by Gasteiger charge is -2.32. The van der Waals surface area contributed by atoms with Gasteiger partial charge in [0.15, 0.2) is 0 Å². The third kappa shape index (κ3) is 6.14. The number of halogens is 1. The summed E-state index contributed by atoms with van der Waals surface area (Å²) in [5, 5.41) is 12.8. The highest BCUT2D eigenvalue weighted by Gasteiger charge is 2.38. The van der Waals surface area contributed by atoms with Gasteiger partial charge in [0.25, 0.3) is 0 Å². The lowest BCUT2D eigenvalue weighted by atomic mass is 9.86. The fraction of sp³-hybridized carbons (Fsp3) is 0.522. The summed E-state index contributed by atoms with van der Waals surface area (Å²) < 4.78 is 0. The molecule has 2 amide bonds. The topological polar surface area (TPSA) is 109 Å². The van der Waals surface area contributed by atoms with Gasteiger partial charge in [-0.25, -0.2) is 4.98 Å². The highest BCUT2D eigenvalue weighted by molar-refractivity contribution is 7.13. The Morgan fingerprint density at radius 1 is 1.31 bits per heavy atom. The molecule has 32 heavy (non-hydrogen) atoms. The maximum Gasteiger partial charge on any atom is 0.246 e. The highest BCUT2D eigenvalue weighted by atomic mass is 35.5. The lowest BCUT2D eigenvalue weighted by molar-refractivity contribution is -0.148. The fourth-order valence-corrected chi connectivity index (χ4v) is 4.41. The van der Waals surface area contributed by atoms with Gasteiger partial charge in [-0.2, -0.15) is 0 Å². The number of nitrogens with zero attached hydrogens (tertiary/aromatic N) is 2. The number of carbonyl (C=O) groups is 2. The zero-order valence-corrected chi connectivity index (χ0v) is 20.6. The summed E-state index contributed by atoms with van der Waals surface area (Å²) in [4.78, 5) is 32.9. The Balaban J connectivity index is 0.00000363. The second-order valence-electron chi connectivity index (χ2n) is 9.24. The van der Waals surface area contributed by atoms with Crippen LogP contribution in [0.2, 0.25) is 0 Å². The van der Waals surface area contributed by atoms with Gasteiger partial charge in [0.05, 0.1) is 34.3 Å². The van der Waals surface area contributed by atoms with Crippen LogP contribution in [-0.2, 0) is 16.0 Å². The number of aromatic nitrogens is 1. The van der Waals surface area contributed by atoms with Gasteiger partial charge < -0.3 is 16.2 Å². The van der Waals surface area contributed by atoms with Crippen LogP contribution < -0.4 is 11.1 Å². The van der Waals surface area contributed by atoms with Gasteiger partial charge in [0, 0.05) is 13.1 Å². The van der Waals surface area contributed by atoms with E-state index in [9.17, 15) is 14.7 Å². The van der Waals surface area contributed by atoms with E-state index in [-0.39, 0.29) is 30.8 Å². The molecular formula is C23H33ClN4O3S. The maximum absolute atomic E-state index is 13.1. The number of aliphatic hydroxyl groups excluding tert-OH is 1. The molecule has 2 heterocycles. The standard InChI is InChI=1S/C23H32N4O3S.ClH/c1-14-19(31-13-26-14)16-7-5-15(6-8-16)9-10-27(22(30)20(24)23(2,3)4)21(29)18-11-17(28)12-25-18;/h5-8,13,17-18,20,25,28H,9-12,24H2,1-4H3;1H/t17-,18+,20-;/m1./s1. The first-order valence-corrected chi connectivity index (χ1v) is 11.5. The summed E-state index contributed by atoms with van der Waals surface area (Å²) in [6, 6.07) is 6.76. The van der Waals surface area contributed by atoms with Crippen LogP contribution >= 0.6 is 23.7 Å². The summed E-state index contributed by atoms with van der Waals surface area (Å²) in [6.07, 6.45) is 0.256. The quantitative estimate of drug-likeness (QED) is 0.586. The minimum Gasteiger partial charge on any atom is -0.392 e. The van der Waals surface area contributed by atoms with Crippen LogP contribution in [0.15, 0.2) is 29.8 Å². The van der Waals surface area contributed by atoms with Crippen LogP contribution in [0.1, 0.15) is 38.4 Å². The van der Waals surface area contributed by atoms with E-state index in [4.69, 9.17) is 5.73 Å². The van der Waals surface area contributed by atoms with Crippen LogP contribution in [-0.4, -0.2) is 58.1 Å². The third-order valence-electron chi connectivity index (χ3n) is 5.72. The maximum atomic E-state index is 13.1. The minimum absolute atomic E-state index is 0. The average Bonchev–Trinajstić information content (AvgIpc) is 3.35. The average molecular weight is 481 g/mol. The fourth-order valence-electron chi connectivity index (χ4n) is 3.60. The Hall–Kier alpha value is -1.84. The molecule has 3 rings (SSSR count). The monoisotopic (exact) mass is 480 g/mol. The van der Waals surface area contributed by atoms with Crippen molar-refractivity contribution in [2.75, 3.05) is 13.1 Å². The number of aryl methyl sites for hydroxylation is 1. The molecule has 0 spiro atoms. The molecule has 0 bridgehead atoms. The van der Waals surface area contributed by atoms with E-state index in [0.29, 0.717) is 19.4 Å². The smallest absolute Gasteiger partial charge is 0.246 e. The number of thiazole rings is 1. The molecule has 1 aliphatic rings. The largest absolute Gasteiger partial charge is 0.392 e. The molecule has 7 nitrogen and oxygen atoms in total. The van der Waals surface area contributed by atoms with Gasteiger partial charge >= 0.3 is 0 Å². The van der Waals surface area contributed by atoms with Gasteiger partial charge in [-0.05, 0) is 36.3 Å². The molecule has 2 aromatic rings. The van der Waals surface area contributed by atoms with Crippen LogP contribution in [0.5, 0.6) is 0 Å². The van der Waals surface area contributed by atoms with Crippen molar-refractivity contribution in [3.63, 3.8) is 0 Å². The number of hydrogen-bond donors (Lipinski definition) is 3. The van der Waals surface area contributed by atoms with Crippen molar-refractivity contribution in [2.45, 2.75) is 58.7 Å². The Morgan fingerprint density at radius 3 is 2.47 bits per heavy atom. The van der Waals surface area contributed by atoms with Crippen LogP contribution in [0.3, 0.4) is 0 Å². The molecule has 0 saturated carbocycles. The van der Waals surface area contributed by atoms with Gasteiger partial charge in [0.1, 0.15) is 0 Å². The Morgan fingerprint density at radius 2 is 1.97 bits per heavy atom. The van der Waals surface area contributed by atoms with Gasteiger partial charge in [-0.15, -0.1) is 23.7 Å². The molecule has 1 fully saturated rings. The number of nitrogens with one attached hydrogen (secondary N) is 1. The summed E-state index contributed by atoms with van der Waals surface area (Å²) in [6.45, 7) is 8.24. The zero-order chi connectivity index (χ0) is 22.8. The molecule has 1 aromatic heterocycles. The predicted molar refractivity (Wildman–Crippen MR) is 130 cm³/mol. The molecule has 4 N–H and O–H groups in total. The zero-order valence-electron chi connectivity index (χ0n) is 19.0. The van der Waals surface area contributed by atoms with E-state index in [1.807, 2.05) is 57.5 Å². The number of imide groups is 1. The summed E-state index contributed by atoms with van der Waals surface area (Å²) in [5.74, 6) is -0.698. The molecule has 1 aliphatic heterocycles. The van der Waals surface area contributed by atoms with Crippen molar-refractivity contribution in [1.29, 1.82) is 0 Å². The van der Waals surface area contributed by atoms with Gasteiger partial charge in [-0.3, -0.25) is 14.5 Å². The first-order chi connectivity index (χ1) is 14.6. The molecule has 9 heteroatoms. The van der Waals surface area contributed by atoms with Crippen molar-refractivity contribution in [2.24, 2.45) is 11.1 Å². The van der Waals surface area contributed by atoms with Crippen LogP contribution in [0.25, 0.3) is 10.4 Å². The number of β-amino-alcohol motifs (C(OH)–C–C–N with tert-alkyl or cyclic N) is 1. The molecule has 0 radical (unpaired) electrons. The molecule has 0 aliphatic carbocycles. The highest BCUT2D eigenvalue weighted by Crippen LogP contribution is 2.27. The Labute approximate surface area is 199 Å². The summed E-state index contributed by atoms with van der Waals surface area (Å²) in [5.41, 5.74) is 10.7. The summed E-state index contributed by atoms with van der Waals surface area (Å²) in [7, 11) is 0. The molecule has 1 aromatic carbocycles. The first kappa shape index (κ1) is 26.4. The van der Waals surface area contributed by atoms with E-state index in [1.165, 1.54) is 4.90 Å². The molecule has 1 saturated heterocycles. The lowest BCUT2D eigenvalue weighted by Crippen LogP contribution is -2.56. The van der Waals surface area contributed by atoms with Crippen LogP contribution in [0, 0.1) is 12.3 Å². The first-order valence-electron chi connectivity index (χ1n) is 10.6. The molecule has 3 atom stereocenters. The Kier molecular flexibility index (Phi) is 8.96. The SMILES string of the molecule is Cc1ncsc1-c1ccc(CCN(C(=O)[C@@H]2C[C@@H](O)CN2)C(=O)[C@@H](N)C(C)(C)C)cc1.Cl. The number of hydrogen-bond acceptors (Lipinski definition) is 7.